The van der Waals surface area contributed by atoms with Gasteiger partial charge in [-0.1, -0.05) is 17.3 Å². The van der Waals surface area contributed by atoms with Crippen LogP contribution in [0.4, 0.5) is 5.69 Å². The van der Waals surface area contributed by atoms with Crippen molar-refractivity contribution in [3.63, 3.8) is 0 Å². The molecule has 0 amide bonds. The lowest BCUT2D eigenvalue weighted by molar-refractivity contribution is 0.393. The summed E-state index contributed by atoms with van der Waals surface area (Å²) in [5.41, 5.74) is 9.25. The Hall–Kier alpha value is -1.88. The van der Waals surface area contributed by atoms with Crippen molar-refractivity contribution in [3.05, 3.63) is 35.7 Å². The van der Waals surface area contributed by atoms with Gasteiger partial charge < -0.3 is 15.6 Å². The van der Waals surface area contributed by atoms with Crippen LogP contribution in [0.3, 0.4) is 0 Å². The van der Waals surface area contributed by atoms with Crippen LogP contribution in [0.2, 0.25) is 0 Å². The molecule has 0 atom stereocenters. The Kier molecular flexibility index (Phi) is 3.10. The SMILES string of the molecule is Cc1noc(C)c1-c1ccc(NC(N)=S)cc1. The van der Waals surface area contributed by atoms with Crippen LogP contribution >= 0.6 is 12.2 Å². The summed E-state index contributed by atoms with van der Waals surface area (Å²) in [5, 5.41) is 7.07. The molecule has 17 heavy (non-hydrogen) atoms. The van der Waals surface area contributed by atoms with Gasteiger partial charge in [0.25, 0.3) is 0 Å². The number of hydrogen-bond donors (Lipinski definition) is 2. The van der Waals surface area contributed by atoms with Crippen molar-refractivity contribution < 1.29 is 4.52 Å². The third kappa shape index (κ3) is 2.45. The second-order valence-electron chi connectivity index (χ2n) is 3.77. The first-order chi connectivity index (χ1) is 8.08. The average molecular weight is 247 g/mol. The Morgan fingerprint density at radius 1 is 1.29 bits per heavy atom. The minimum absolute atomic E-state index is 0.259. The van der Waals surface area contributed by atoms with Crippen molar-refractivity contribution in [1.82, 2.24) is 5.16 Å². The number of nitrogens with one attached hydrogen (secondary N) is 1. The van der Waals surface area contributed by atoms with Gasteiger partial charge in [0.2, 0.25) is 0 Å². The fraction of sp³-hybridized carbons (Fsp3) is 0.167. The molecule has 3 N–H and O–H groups in total. The van der Waals surface area contributed by atoms with Crippen molar-refractivity contribution >= 4 is 23.0 Å². The number of thiocarbonyl (C=S) groups is 1. The molecular formula is C12H13N3OS. The van der Waals surface area contributed by atoms with Crippen molar-refractivity contribution in [2.45, 2.75) is 13.8 Å². The standard InChI is InChI=1S/C12H13N3OS/c1-7-11(8(2)16-15-7)9-3-5-10(6-4-9)14-12(13)17/h3-6H,1-2H3,(H3,13,14,17). The zero-order chi connectivity index (χ0) is 12.4. The summed E-state index contributed by atoms with van der Waals surface area (Å²) < 4.78 is 5.14. The summed E-state index contributed by atoms with van der Waals surface area (Å²) in [6, 6.07) is 7.79. The second kappa shape index (κ2) is 4.55. The van der Waals surface area contributed by atoms with Crippen LogP contribution in [0.5, 0.6) is 0 Å². The molecule has 0 spiro atoms. The number of anilines is 1. The van der Waals surface area contributed by atoms with E-state index in [-0.39, 0.29) is 5.11 Å². The summed E-state index contributed by atoms with van der Waals surface area (Å²) >= 11 is 4.77. The van der Waals surface area contributed by atoms with Crippen LogP contribution < -0.4 is 11.1 Å². The average Bonchev–Trinajstić information content (AvgIpc) is 2.59. The van der Waals surface area contributed by atoms with E-state index in [1.165, 1.54) is 0 Å². The van der Waals surface area contributed by atoms with E-state index in [9.17, 15) is 0 Å². The van der Waals surface area contributed by atoms with Crippen molar-refractivity contribution in [2.24, 2.45) is 5.73 Å². The molecule has 0 fully saturated rings. The van der Waals surface area contributed by atoms with Gasteiger partial charge in [0, 0.05) is 11.3 Å². The molecule has 4 nitrogen and oxygen atoms in total. The van der Waals surface area contributed by atoms with Gasteiger partial charge in [-0.15, -0.1) is 0 Å². The molecule has 0 unspecified atom stereocenters. The molecule has 1 aromatic carbocycles. The molecule has 0 saturated heterocycles. The third-order valence-electron chi connectivity index (χ3n) is 2.47. The summed E-state index contributed by atoms with van der Waals surface area (Å²) in [4.78, 5) is 0. The fourth-order valence-electron chi connectivity index (χ4n) is 1.76. The zero-order valence-corrected chi connectivity index (χ0v) is 10.5. The Balaban J connectivity index is 2.33. The molecular weight excluding hydrogens is 234 g/mol. The minimum Gasteiger partial charge on any atom is -0.376 e. The second-order valence-corrected chi connectivity index (χ2v) is 4.21. The van der Waals surface area contributed by atoms with Crippen LogP contribution in [-0.2, 0) is 0 Å². The molecule has 1 aromatic heterocycles. The van der Waals surface area contributed by atoms with Crippen LogP contribution in [0.25, 0.3) is 11.1 Å². The van der Waals surface area contributed by atoms with E-state index in [1.54, 1.807) is 0 Å². The number of hydrogen-bond acceptors (Lipinski definition) is 3. The van der Waals surface area contributed by atoms with Gasteiger partial charge in [-0.05, 0) is 43.8 Å². The van der Waals surface area contributed by atoms with E-state index < -0.39 is 0 Å². The Labute approximate surface area is 105 Å². The molecule has 0 saturated carbocycles. The van der Waals surface area contributed by atoms with E-state index in [4.69, 9.17) is 22.5 Å². The summed E-state index contributed by atoms with van der Waals surface area (Å²) in [6.45, 7) is 3.82. The first-order valence-electron chi connectivity index (χ1n) is 5.17. The molecule has 2 rings (SSSR count). The number of nitrogens with two attached hydrogens (primary N) is 1. The first kappa shape index (κ1) is 11.6. The molecule has 88 valence electrons. The molecule has 5 heteroatoms. The highest BCUT2D eigenvalue weighted by Gasteiger charge is 2.10. The van der Waals surface area contributed by atoms with Gasteiger partial charge in [0.1, 0.15) is 5.76 Å². The molecule has 0 aliphatic carbocycles. The fourth-order valence-corrected chi connectivity index (χ4v) is 1.88. The predicted molar refractivity (Wildman–Crippen MR) is 71.8 cm³/mol. The van der Waals surface area contributed by atoms with Crippen LogP contribution in [0.1, 0.15) is 11.5 Å². The van der Waals surface area contributed by atoms with Gasteiger partial charge in [-0.2, -0.15) is 0 Å². The quantitative estimate of drug-likeness (QED) is 0.799. The summed E-state index contributed by atoms with van der Waals surface area (Å²) in [6.07, 6.45) is 0. The Morgan fingerprint density at radius 3 is 2.41 bits per heavy atom. The highest BCUT2D eigenvalue weighted by atomic mass is 32.1. The van der Waals surface area contributed by atoms with Gasteiger partial charge >= 0.3 is 0 Å². The third-order valence-corrected chi connectivity index (χ3v) is 2.58. The van der Waals surface area contributed by atoms with Gasteiger partial charge in [0.15, 0.2) is 5.11 Å². The lowest BCUT2D eigenvalue weighted by Crippen LogP contribution is -2.18. The van der Waals surface area contributed by atoms with Gasteiger partial charge in [-0.25, -0.2) is 0 Å². The number of aryl methyl sites for hydroxylation is 2. The van der Waals surface area contributed by atoms with Crippen LogP contribution in [-0.4, -0.2) is 10.3 Å². The smallest absolute Gasteiger partial charge is 0.168 e. The maximum absolute atomic E-state index is 5.40. The lowest BCUT2D eigenvalue weighted by Gasteiger charge is -2.05. The molecule has 0 aliphatic rings. The first-order valence-corrected chi connectivity index (χ1v) is 5.58. The molecule has 0 aliphatic heterocycles. The highest BCUT2D eigenvalue weighted by Crippen LogP contribution is 2.27. The highest BCUT2D eigenvalue weighted by molar-refractivity contribution is 7.80. The van der Waals surface area contributed by atoms with Crippen LogP contribution in [0, 0.1) is 13.8 Å². The van der Waals surface area contributed by atoms with E-state index in [2.05, 4.69) is 10.5 Å². The maximum atomic E-state index is 5.40. The van der Waals surface area contributed by atoms with Gasteiger partial charge in [0.05, 0.1) is 5.69 Å². The number of rotatable bonds is 2. The lowest BCUT2D eigenvalue weighted by atomic mass is 10.0. The summed E-state index contributed by atoms with van der Waals surface area (Å²) in [5.74, 6) is 0.817. The Bertz CT molecular complexity index is 526. The summed E-state index contributed by atoms with van der Waals surface area (Å²) in [7, 11) is 0. The topological polar surface area (TPSA) is 64.1 Å². The van der Waals surface area contributed by atoms with E-state index in [0.29, 0.717) is 0 Å². The van der Waals surface area contributed by atoms with Crippen molar-refractivity contribution in [3.8, 4) is 11.1 Å². The monoisotopic (exact) mass is 247 g/mol. The van der Waals surface area contributed by atoms with Gasteiger partial charge in [-0.3, -0.25) is 0 Å². The van der Waals surface area contributed by atoms with Crippen molar-refractivity contribution in [1.29, 1.82) is 0 Å². The Morgan fingerprint density at radius 2 is 1.94 bits per heavy atom. The zero-order valence-electron chi connectivity index (χ0n) is 9.65. The van der Waals surface area contributed by atoms with E-state index >= 15 is 0 Å². The molecule has 0 radical (unpaired) electrons. The number of benzene rings is 1. The van der Waals surface area contributed by atoms with E-state index in [0.717, 1.165) is 28.3 Å². The minimum atomic E-state index is 0.259. The van der Waals surface area contributed by atoms with E-state index in [1.807, 2.05) is 38.1 Å². The molecule has 1 heterocycles. The normalized spacial score (nSPS) is 10.2. The molecule has 2 aromatic rings. The number of nitrogens with zero attached hydrogens (tertiary/aromatic N) is 1. The molecule has 0 bridgehead atoms. The van der Waals surface area contributed by atoms with Crippen LogP contribution in [0.15, 0.2) is 28.8 Å². The maximum Gasteiger partial charge on any atom is 0.168 e. The largest absolute Gasteiger partial charge is 0.376 e. The number of aromatic nitrogens is 1. The predicted octanol–water partition coefficient (Wildman–Crippen LogP) is 2.61. The van der Waals surface area contributed by atoms with Crippen molar-refractivity contribution in [2.75, 3.05) is 5.32 Å².